The van der Waals surface area contributed by atoms with Crippen LogP contribution in [0.1, 0.15) is 44.6 Å². The topological polar surface area (TPSA) is 116 Å². The number of carbonyl (C=O) groups excluding carboxylic acids is 2. The number of aliphatic hydroxyl groups excluding tert-OH is 1. The third-order valence-corrected chi connectivity index (χ3v) is 6.78. The number of nitrogens with one attached hydrogen (secondary N) is 1. The number of fused-ring (bicyclic) bond motifs is 2. The van der Waals surface area contributed by atoms with Crippen molar-refractivity contribution in [3.8, 4) is 0 Å². The summed E-state index contributed by atoms with van der Waals surface area (Å²) in [6.07, 6.45) is 3.36. The van der Waals surface area contributed by atoms with Crippen molar-refractivity contribution in [1.82, 2.24) is 4.90 Å². The van der Waals surface area contributed by atoms with Crippen LogP contribution in [0, 0.1) is 5.41 Å². The first kappa shape index (κ1) is 22.2. The van der Waals surface area contributed by atoms with E-state index in [1.54, 1.807) is 0 Å². The molecule has 8 nitrogen and oxygen atoms in total. The highest BCUT2D eigenvalue weighted by molar-refractivity contribution is 6.07. The average Bonchev–Trinajstić information content (AvgIpc) is 3.28. The number of nitrogens with zero attached hydrogens (tertiary/aromatic N) is 1. The molecule has 3 aliphatic heterocycles. The number of carboxylic acid groups (broad SMARTS) is 1. The van der Waals surface area contributed by atoms with Crippen LogP contribution in [0.15, 0.2) is 24.3 Å². The highest BCUT2D eigenvalue weighted by atomic mass is 16.5. The van der Waals surface area contributed by atoms with Crippen molar-refractivity contribution in [3.05, 3.63) is 29.8 Å². The molecule has 2 amide bonds. The maximum atomic E-state index is 13.6. The van der Waals surface area contributed by atoms with E-state index in [2.05, 4.69) is 12.2 Å². The van der Waals surface area contributed by atoms with Crippen molar-refractivity contribution in [3.63, 3.8) is 0 Å². The lowest BCUT2D eigenvalue weighted by Crippen LogP contribution is -2.54. The minimum atomic E-state index is -0.773. The largest absolute Gasteiger partial charge is 0.483 e. The Bertz CT molecular complexity index is 792. The van der Waals surface area contributed by atoms with Gasteiger partial charge in [-0.1, -0.05) is 31.5 Å². The predicted molar refractivity (Wildman–Crippen MR) is 110 cm³/mol. The summed E-state index contributed by atoms with van der Waals surface area (Å²) >= 11 is 0. The minimum Gasteiger partial charge on any atom is -0.483 e. The van der Waals surface area contributed by atoms with E-state index in [1.807, 2.05) is 29.2 Å². The summed E-state index contributed by atoms with van der Waals surface area (Å²) in [7, 11) is 0. The number of anilines is 1. The molecule has 0 aliphatic carbocycles. The van der Waals surface area contributed by atoms with Crippen molar-refractivity contribution >= 4 is 24.0 Å². The van der Waals surface area contributed by atoms with Crippen LogP contribution in [0.4, 0.5) is 5.69 Å². The van der Waals surface area contributed by atoms with Crippen LogP contribution in [0.3, 0.4) is 0 Å². The van der Waals surface area contributed by atoms with E-state index in [0.29, 0.717) is 39.0 Å². The molecule has 3 aliphatic rings. The van der Waals surface area contributed by atoms with Gasteiger partial charge in [0.25, 0.3) is 6.47 Å². The molecule has 3 heterocycles. The molecule has 164 valence electrons. The Kier molecular flexibility index (Phi) is 6.77. The molecular formula is C22H30N2O6. The first-order chi connectivity index (χ1) is 14.5. The summed E-state index contributed by atoms with van der Waals surface area (Å²) in [4.78, 5) is 36.9. The molecule has 30 heavy (non-hydrogen) atoms. The fraction of sp³-hybridized carbons (Fsp3) is 0.591. The molecule has 2 atom stereocenters. The molecular weight excluding hydrogens is 388 g/mol. The monoisotopic (exact) mass is 418 g/mol. The van der Waals surface area contributed by atoms with Gasteiger partial charge in [-0.05, 0) is 37.3 Å². The number of likely N-dealkylation sites (tertiary alicyclic amines) is 1. The van der Waals surface area contributed by atoms with Gasteiger partial charge in [0.2, 0.25) is 11.8 Å². The zero-order valence-electron chi connectivity index (χ0n) is 17.3. The lowest BCUT2D eigenvalue weighted by molar-refractivity contribution is -0.153. The summed E-state index contributed by atoms with van der Waals surface area (Å²) < 4.78 is 5.42. The van der Waals surface area contributed by atoms with Crippen molar-refractivity contribution in [2.75, 3.05) is 31.7 Å². The Balaban J connectivity index is 0.000000806. The van der Waals surface area contributed by atoms with E-state index in [4.69, 9.17) is 14.6 Å². The van der Waals surface area contributed by atoms with E-state index in [0.717, 1.165) is 24.1 Å². The zero-order chi connectivity index (χ0) is 21.8. The van der Waals surface area contributed by atoms with E-state index in [1.165, 1.54) is 0 Å². The Labute approximate surface area is 176 Å². The van der Waals surface area contributed by atoms with Gasteiger partial charge in [0, 0.05) is 25.4 Å². The summed E-state index contributed by atoms with van der Waals surface area (Å²) in [6.45, 7) is 3.21. The Morgan fingerprint density at radius 1 is 1.30 bits per heavy atom. The van der Waals surface area contributed by atoms with E-state index < -0.39 is 10.8 Å². The highest BCUT2D eigenvalue weighted by Gasteiger charge is 2.60. The Hall–Kier alpha value is -2.45. The van der Waals surface area contributed by atoms with Crippen LogP contribution in [0.5, 0.6) is 0 Å². The second-order valence-corrected chi connectivity index (χ2v) is 8.18. The second-order valence-electron chi connectivity index (χ2n) is 8.18. The van der Waals surface area contributed by atoms with Crippen LogP contribution in [0.2, 0.25) is 0 Å². The van der Waals surface area contributed by atoms with Gasteiger partial charge < -0.3 is 25.2 Å². The Morgan fingerprint density at radius 2 is 1.97 bits per heavy atom. The smallest absolute Gasteiger partial charge is 0.290 e. The average molecular weight is 418 g/mol. The molecule has 0 bridgehead atoms. The number of hydrogen-bond acceptors (Lipinski definition) is 5. The Morgan fingerprint density at radius 3 is 2.60 bits per heavy atom. The lowest BCUT2D eigenvalue weighted by Gasteiger charge is -2.41. The summed E-state index contributed by atoms with van der Waals surface area (Å²) in [5.41, 5.74) is 0.420. The number of carbonyl (C=O) groups is 3. The summed E-state index contributed by atoms with van der Waals surface area (Å²) in [6, 6.07) is 7.66. The van der Waals surface area contributed by atoms with Crippen LogP contribution in [0.25, 0.3) is 0 Å². The number of aliphatic hydroxyl groups is 1. The normalized spacial score (nSPS) is 26.5. The second kappa shape index (κ2) is 9.14. The van der Waals surface area contributed by atoms with Crippen molar-refractivity contribution in [2.45, 2.75) is 50.5 Å². The van der Waals surface area contributed by atoms with E-state index in [-0.39, 0.29) is 30.9 Å². The molecule has 1 spiro atoms. The predicted octanol–water partition coefficient (Wildman–Crippen LogP) is 1.77. The van der Waals surface area contributed by atoms with Crippen LogP contribution < -0.4 is 5.32 Å². The molecule has 3 N–H and O–H groups in total. The molecule has 2 saturated heterocycles. The van der Waals surface area contributed by atoms with Gasteiger partial charge in [0.15, 0.2) is 0 Å². The fourth-order valence-corrected chi connectivity index (χ4v) is 5.23. The quantitative estimate of drug-likeness (QED) is 0.642. The summed E-state index contributed by atoms with van der Waals surface area (Å²) in [5, 5.41) is 20.0. The highest BCUT2D eigenvalue weighted by Crippen LogP contribution is 2.50. The molecule has 0 radical (unpaired) electrons. The zero-order valence-corrected chi connectivity index (χ0v) is 17.3. The molecule has 1 aromatic rings. The molecule has 8 heteroatoms. The number of hydrogen-bond donors (Lipinski definition) is 3. The molecule has 2 fully saturated rings. The molecule has 4 rings (SSSR count). The van der Waals surface area contributed by atoms with Crippen molar-refractivity contribution in [2.24, 2.45) is 5.41 Å². The third kappa shape index (κ3) is 3.48. The van der Waals surface area contributed by atoms with E-state index in [9.17, 15) is 14.7 Å². The number of amides is 2. The van der Waals surface area contributed by atoms with Crippen molar-refractivity contribution < 1.29 is 29.3 Å². The van der Waals surface area contributed by atoms with Crippen LogP contribution in [-0.2, 0) is 24.5 Å². The van der Waals surface area contributed by atoms with Gasteiger partial charge in [-0.15, -0.1) is 0 Å². The molecule has 1 aromatic carbocycles. The molecule has 0 aromatic heterocycles. The lowest BCUT2D eigenvalue weighted by atomic mass is 9.73. The minimum absolute atomic E-state index is 0.00229. The molecule has 0 saturated carbocycles. The summed E-state index contributed by atoms with van der Waals surface area (Å²) in [5.74, 6) is -0.0108. The van der Waals surface area contributed by atoms with Crippen LogP contribution >= 0.6 is 0 Å². The van der Waals surface area contributed by atoms with Gasteiger partial charge in [-0.25, -0.2) is 0 Å². The fourth-order valence-electron chi connectivity index (χ4n) is 5.23. The SMILES string of the molecule is CCC[C@@H]1N(C(=O)C2(CO)CCOCC2)CC[C@@]12C(=O)Nc1ccccc12.O=CO. The maximum absolute atomic E-state index is 13.6. The standard InChI is InChI=1S/C21H28N2O4.CH2O2/c1-2-5-17-21(15-6-3-4-7-16(15)22-18(21)25)8-11-23(17)19(26)20(14-24)9-12-27-13-10-20;2-1-3/h3-4,6-7,17,24H,2,5,8-14H2,1H3,(H,22,25);1H,(H,2,3)/t17-,21-;/m0./s1. The van der Waals surface area contributed by atoms with Gasteiger partial charge in [0.1, 0.15) is 0 Å². The van der Waals surface area contributed by atoms with Gasteiger partial charge in [-0.3, -0.25) is 14.4 Å². The van der Waals surface area contributed by atoms with Crippen LogP contribution in [-0.4, -0.2) is 65.8 Å². The molecule has 0 unspecified atom stereocenters. The third-order valence-electron chi connectivity index (χ3n) is 6.78. The number of ether oxygens (including phenoxy) is 1. The number of para-hydroxylation sites is 1. The van der Waals surface area contributed by atoms with E-state index >= 15 is 0 Å². The van der Waals surface area contributed by atoms with Gasteiger partial charge in [0.05, 0.1) is 23.5 Å². The first-order valence-corrected chi connectivity index (χ1v) is 10.5. The van der Waals surface area contributed by atoms with Gasteiger partial charge in [-0.2, -0.15) is 0 Å². The number of rotatable bonds is 4. The first-order valence-electron chi connectivity index (χ1n) is 10.5. The van der Waals surface area contributed by atoms with Crippen molar-refractivity contribution in [1.29, 1.82) is 0 Å². The van der Waals surface area contributed by atoms with Gasteiger partial charge >= 0.3 is 0 Å². The maximum Gasteiger partial charge on any atom is 0.290 e. The number of benzene rings is 1.